The highest BCUT2D eigenvalue weighted by molar-refractivity contribution is 5.97. The quantitative estimate of drug-likeness (QED) is 0.608. The van der Waals surface area contributed by atoms with Gasteiger partial charge in [-0.1, -0.05) is 6.07 Å². The zero-order chi connectivity index (χ0) is 15.3. The minimum atomic E-state index is -1.19. The van der Waals surface area contributed by atoms with Gasteiger partial charge in [-0.2, -0.15) is 0 Å². The molecule has 0 aliphatic rings. The third kappa shape index (κ3) is 3.24. The predicted molar refractivity (Wildman–Crippen MR) is 74.4 cm³/mol. The van der Waals surface area contributed by atoms with E-state index in [0.29, 0.717) is 13.2 Å². The number of ether oxygens (including phenoxy) is 1. The van der Waals surface area contributed by atoms with Gasteiger partial charge in [0, 0.05) is 25.8 Å². The Morgan fingerprint density at radius 3 is 2.65 bits per heavy atom. The molecule has 0 bridgehead atoms. The van der Waals surface area contributed by atoms with Gasteiger partial charge in [0.15, 0.2) is 0 Å². The van der Waals surface area contributed by atoms with Crippen LogP contribution in [0.4, 0.5) is 11.4 Å². The van der Waals surface area contributed by atoms with Crippen molar-refractivity contribution >= 4 is 17.3 Å². The van der Waals surface area contributed by atoms with E-state index < -0.39 is 10.9 Å². The minimum Gasteiger partial charge on any atom is -0.478 e. The van der Waals surface area contributed by atoms with Crippen LogP contribution in [0.5, 0.6) is 0 Å². The molecule has 1 aromatic carbocycles. The summed E-state index contributed by atoms with van der Waals surface area (Å²) in [6, 6.07) is 3.88. The van der Waals surface area contributed by atoms with Gasteiger partial charge in [0.1, 0.15) is 5.69 Å². The van der Waals surface area contributed by atoms with Crippen LogP contribution in [-0.2, 0) is 4.74 Å². The van der Waals surface area contributed by atoms with Crippen molar-refractivity contribution in [2.24, 2.45) is 0 Å². The maximum atomic E-state index is 11.3. The van der Waals surface area contributed by atoms with E-state index >= 15 is 0 Å². The van der Waals surface area contributed by atoms with Crippen LogP contribution in [0, 0.1) is 10.1 Å². The highest BCUT2D eigenvalue weighted by atomic mass is 16.6. The summed E-state index contributed by atoms with van der Waals surface area (Å²) in [5, 5.41) is 20.4. The summed E-state index contributed by atoms with van der Waals surface area (Å²) < 4.78 is 5.05. The van der Waals surface area contributed by atoms with Crippen LogP contribution in [0.1, 0.15) is 24.2 Å². The molecule has 0 saturated carbocycles. The van der Waals surface area contributed by atoms with Crippen LogP contribution in [0.2, 0.25) is 0 Å². The van der Waals surface area contributed by atoms with E-state index in [9.17, 15) is 20.0 Å². The highest BCUT2D eigenvalue weighted by Gasteiger charge is 2.28. The number of rotatable bonds is 7. The van der Waals surface area contributed by atoms with Crippen LogP contribution in [0.25, 0.3) is 0 Å². The Hall–Kier alpha value is -2.15. The highest BCUT2D eigenvalue weighted by Crippen LogP contribution is 2.33. The molecule has 0 saturated heterocycles. The van der Waals surface area contributed by atoms with E-state index in [-0.39, 0.29) is 23.0 Å². The van der Waals surface area contributed by atoms with E-state index in [4.69, 9.17) is 4.74 Å². The van der Waals surface area contributed by atoms with Gasteiger partial charge in [-0.25, -0.2) is 4.79 Å². The molecule has 1 aromatic rings. The Morgan fingerprint density at radius 1 is 1.55 bits per heavy atom. The number of methoxy groups -OCH3 is 1. The van der Waals surface area contributed by atoms with Crippen molar-refractivity contribution < 1.29 is 19.6 Å². The molecule has 1 rings (SSSR count). The first kappa shape index (κ1) is 15.9. The van der Waals surface area contributed by atoms with E-state index in [1.54, 1.807) is 4.90 Å². The lowest BCUT2D eigenvalue weighted by atomic mass is 10.1. The van der Waals surface area contributed by atoms with Gasteiger partial charge in [0.05, 0.1) is 17.1 Å². The molecule has 0 spiro atoms. The molecule has 20 heavy (non-hydrogen) atoms. The van der Waals surface area contributed by atoms with Crippen LogP contribution in [0.15, 0.2) is 18.2 Å². The minimum absolute atomic E-state index is 0.0796. The van der Waals surface area contributed by atoms with E-state index in [2.05, 4.69) is 0 Å². The molecule has 0 radical (unpaired) electrons. The van der Waals surface area contributed by atoms with Crippen molar-refractivity contribution in [3.05, 3.63) is 33.9 Å². The van der Waals surface area contributed by atoms with Crippen LogP contribution < -0.4 is 4.90 Å². The Balaban J connectivity index is 3.44. The Morgan fingerprint density at radius 2 is 2.20 bits per heavy atom. The van der Waals surface area contributed by atoms with Crippen molar-refractivity contribution in [2.45, 2.75) is 19.9 Å². The fourth-order valence-electron chi connectivity index (χ4n) is 2.17. The molecule has 1 unspecified atom stereocenters. The van der Waals surface area contributed by atoms with E-state index in [1.807, 2.05) is 13.8 Å². The molecular formula is C13H18N2O5. The number of nitro benzene ring substituents is 1. The average Bonchev–Trinajstić information content (AvgIpc) is 2.39. The molecule has 0 aromatic heterocycles. The van der Waals surface area contributed by atoms with Gasteiger partial charge in [-0.15, -0.1) is 0 Å². The fourth-order valence-corrected chi connectivity index (χ4v) is 2.17. The summed E-state index contributed by atoms with van der Waals surface area (Å²) in [4.78, 5) is 23.6. The lowest BCUT2D eigenvalue weighted by molar-refractivity contribution is -0.384. The fraction of sp³-hybridized carbons (Fsp3) is 0.462. The van der Waals surface area contributed by atoms with Crippen molar-refractivity contribution in [3.63, 3.8) is 0 Å². The lowest BCUT2D eigenvalue weighted by Crippen LogP contribution is -2.37. The number of hydrogen-bond acceptors (Lipinski definition) is 5. The summed E-state index contributed by atoms with van der Waals surface area (Å²) in [5.74, 6) is -1.19. The van der Waals surface area contributed by atoms with Gasteiger partial charge in [-0.05, 0) is 19.9 Å². The molecule has 7 heteroatoms. The Kier molecular flexibility index (Phi) is 5.45. The third-order valence-corrected chi connectivity index (χ3v) is 3.01. The molecule has 1 atom stereocenters. The summed E-state index contributed by atoms with van der Waals surface area (Å²) >= 11 is 0. The average molecular weight is 282 g/mol. The maximum absolute atomic E-state index is 11.3. The summed E-state index contributed by atoms with van der Waals surface area (Å²) in [5.41, 5.74) is -0.171. The third-order valence-electron chi connectivity index (χ3n) is 3.01. The smallest absolute Gasteiger partial charge is 0.338 e. The zero-order valence-corrected chi connectivity index (χ0v) is 11.7. The van der Waals surface area contributed by atoms with Crippen LogP contribution in [0.3, 0.4) is 0 Å². The maximum Gasteiger partial charge on any atom is 0.338 e. The molecule has 0 fully saturated rings. The van der Waals surface area contributed by atoms with Gasteiger partial charge < -0.3 is 14.7 Å². The Labute approximate surface area is 116 Å². The van der Waals surface area contributed by atoms with Crippen LogP contribution in [-0.4, -0.2) is 42.3 Å². The lowest BCUT2D eigenvalue weighted by Gasteiger charge is -2.30. The zero-order valence-electron chi connectivity index (χ0n) is 11.7. The second-order valence-electron chi connectivity index (χ2n) is 4.33. The van der Waals surface area contributed by atoms with Crippen LogP contribution >= 0.6 is 0 Å². The standard InChI is InChI=1S/C13H18N2O5/c1-4-14(9(2)8-20-3)12-10(13(16)17)6-5-7-11(12)15(18)19/h5-7,9H,4,8H2,1-3H3,(H,16,17). The van der Waals surface area contributed by atoms with Crippen molar-refractivity contribution in [1.82, 2.24) is 0 Å². The SMILES string of the molecule is CCN(c1c(C(=O)O)cccc1[N+](=O)[O-])C(C)COC. The normalized spacial score (nSPS) is 11.9. The first-order chi connectivity index (χ1) is 9.43. The van der Waals surface area contributed by atoms with E-state index in [0.717, 1.165) is 0 Å². The first-order valence-electron chi connectivity index (χ1n) is 6.20. The van der Waals surface area contributed by atoms with E-state index in [1.165, 1.54) is 25.3 Å². The van der Waals surface area contributed by atoms with Crippen molar-refractivity contribution in [3.8, 4) is 0 Å². The monoisotopic (exact) mass is 282 g/mol. The second-order valence-corrected chi connectivity index (χ2v) is 4.33. The predicted octanol–water partition coefficient (Wildman–Crippen LogP) is 2.15. The number of nitrogens with zero attached hydrogens (tertiary/aromatic N) is 2. The molecule has 110 valence electrons. The number of para-hydroxylation sites is 1. The topological polar surface area (TPSA) is 92.9 Å². The number of carboxylic acid groups (broad SMARTS) is 1. The molecular weight excluding hydrogens is 264 g/mol. The number of benzene rings is 1. The number of aromatic carboxylic acids is 1. The number of nitro groups is 1. The van der Waals surface area contributed by atoms with Crippen molar-refractivity contribution in [2.75, 3.05) is 25.2 Å². The molecule has 7 nitrogen and oxygen atoms in total. The van der Waals surface area contributed by atoms with Gasteiger partial charge in [-0.3, -0.25) is 10.1 Å². The largest absolute Gasteiger partial charge is 0.478 e. The molecule has 0 amide bonds. The molecule has 0 heterocycles. The number of carboxylic acids is 1. The van der Waals surface area contributed by atoms with Gasteiger partial charge >= 0.3 is 5.97 Å². The first-order valence-corrected chi connectivity index (χ1v) is 6.20. The number of hydrogen-bond donors (Lipinski definition) is 1. The molecule has 1 N–H and O–H groups in total. The van der Waals surface area contributed by atoms with Gasteiger partial charge in [0.2, 0.25) is 0 Å². The number of likely N-dealkylation sites (N-methyl/N-ethyl adjacent to an activating group) is 1. The second kappa shape index (κ2) is 6.85. The summed E-state index contributed by atoms with van der Waals surface area (Å²) in [6.45, 7) is 4.43. The van der Waals surface area contributed by atoms with Gasteiger partial charge in [0.25, 0.3) is 5.69 Å². The number of carbonyl (C=O) groups is 1. The summed E-state index contributed by atoms with van der Waals surface area (Å²) in [7, 11) is 1.53. The Bertz CT molecular complexity index is 471. The molecule has 0 aliphatic heterocycles. The summed E-state index contributed by atoms with van der Waals surface area (Å²) in [6.07, 6.45) is 0. The number of anilines is 1. The molecule has 0 aliphatic carbocycles. The van der Waals surface area contributed by atoms with Crippen molar-refractivity contribution in [1.29, 1.82) is 0 Å².